The molecule has 0 aromatic carbocycles. The Labute approximate surface area is 163 Å². The van der Waals surface area contributed by atoms with E-state index in [0.29, 0.717) is 18.8 Å². The largest absolute Gasteiger partial charge is 0.468 e. The van der Waals surface area contributed by atoms with E-state index < -0.39 is 0 Å². The molecular formula is C20H24N6O2. The molecule has 0 spiro atoms. The van der Waals surface area contributed by atoms with Crippen molar-refractivity contribution in [2.45, 2.75) is 25.8 Å². The normalized spacial score (nSPS) is 17.5. The van der Waals surface area contributed by atoms with Gasteiger partial charge in [-0.15, -0.1) is 0 Å². The number of aromatic amines is 1. The Morgan fingerprint density at radius 1 is 1.32 bits per heavy atom. The van der Waals surface area contributed by atoms with Crippen molar-refractivity contribution >= 4 is 5.91 Å². The summed E-state index contributed by atoms with van der Waals surface area (Å²) in [5.41, 5.74) is 0.917. The van der Waals surface area contributed by atoms with Gasteiger partial charge >= 0.3 is 0 Å². The van der Waals surface area contributed by atoms with Gasteiger partial charge in [0.2, 0.25) is 5.91 Å². The zero-order chi connectivity index (χ0) is 19.2. The summed E-state index contributed by atoms with van der Waals surface area (Å²) in [6.07, 6.45) is 7.68. The number of hydrogen-bond donors (Lipinski definition) is 2. The molecule has 8 nitrogen and oxygen atoms in total. The van der Waals surface area contributed by atoms with Gasteiger partial charge in [0.1, 0.15) is 11.6 Å². The van der Waals surface area contributed by atoms with Crippen LogP contribution in [0.15, 0.2) is 47.3 Å². The lowest BCUT2D eigenvalue weighted by Gasteiger charge is -2.31. The second-order valence-corrected chi connectivity index (χ2v) is 7.04. The minimum absolute atomic E-state index is 0.0193. The van der Waals surface area contributed by atoms with Crippen LogP contribution in [-0.2, 0) is 17.8 Å². The predicted octanol–water partition coefficient (Wildman–Crippen LogP) is 2.03. The van der Waals surface area contributed by atoms with Crippen LogP contribution in [-0.4, -0.2) is 50.6 Å². The van der Waals surface area contributed by atoms with Gasteiger partial charge in [-0.2, -0.15) is 5.10 Å². The number of nitrogens with zero attached hydrogens (tertiary/aromatic N) is 4. The monoisotopic (exact) mass is 380 g/mol. The Hall–Kier alpha value is -3.00. The Morgan fingerprint density at radius 3 is 3.04 bits per heavy atom. The fourth-order valence-corrected chi connectivity index (χ4v) is 3.52. The molecule has 1 amide bonds. The number of pyridine rings is 1. The van der Waals surface area contributed by atoms with Gasteiger partial charge in [0.15, 0.2) is 5.82 Å². The van der Waals surface area contributed by atoms with Gasteiger partial charge in [-0.25, -0.2) is 4.98 Å². The van der Waals surface area contributed by atoms with Gasteiger partial charge in [0, 0.05) is 37.5 Å². The number of nitrogens with one attached hydrogen (secondary N) is 2. The Morgan fingerprint density at radius 2 is 2.21 bits per heavy atom. The number of furan rings is 1. The Bertz CT molecular complexity index is 877. The van der Waals surface area contributed by atoms with Crippen molar-refractivity contribution in [3.8, 4) is 11.4 Å². The zero-order valence-electron chi connectivity index (χ0n) is 15.7. The third kappa shape index (κ3) is 4.64. The van der Waals surface area contributed by atoms with Crippen molar-refractivity contribution in [3.63, 3.8) is 0 Å². The topological polar surface area (TPSA) is 99.9 Å². The molecule has 0 saturated carbocycles. The standard InChI is InChI=1S/C20H24N6O2/c27-20(16-3-1-11-26(13-16)14-17-4-2-12-28-17)22-10-7-18-23-19(25-24-18)15-5-8-21-9-6-15/h2,4-6,8-9,12,16H,1,3,7,10-11,13-14H2,(H,22,27)(H,23,24,25). The number of H-pyrrole nitrogens is 1. The van der Waals surface area contributed by atoms with E-state index in [-0.39, 0.29) is 11.8 Å². The molecule has 4 rings (SSSR count). The highest BCUT2D eigenvalue weighted by Crippen LogP contribution is 2.19. The molecule has 8 heteroatoms. The predicted molar refractivity (Wildman–Crippen MR) is 103 cm³/mol. The lowest BCUT2D eigenvalue weighted by Crippen LogP contribution is -2.43. The van der Waals surface area contributed by atoms with Gasteiger partial charge in [-0.1, -0.05) is 0 Å². The first-order valence-electron chi connectivity index (χ1n) is 9.62. The minimum Gasteiger partial charge on any atom is -0.468 e. The molecular weight excluding hydrogens is 356 g/mol. The summed E-state index contributed by atoms with van der Waals surface area (Å²) >= 11 is 0. The lowest BCUT2D eigenvalue weighted by atomic mass is 9.97. The highest BCUT2D eigenvalue weighted by molar-refractivity contribution is 5.78. The zero-order valence-corrected chi connectivity index (χ0v) is 15.7. The van der Waals surface area contributed by atoms with E-state index in [9.17, 15) is 4.79 Å². The van der Waals surface area contributed by atoms with Crippen molar-refractivity contribution in [2.75, 3.05) is 19.6 Å². The van der Waals surface area contributed by atoms with E-state index in [1.807, 2.05) is 24.3 Å². The maximum Gasteiger partial charge on any atom is 0.224 e. The molecule has 1 saturated heterocycles. The van der Waals surface area contributed by atoms with E-state index in [0.717, 1.165) is 49.6 Å². The summed E-state index contributed by atoms with van der Waals surface area (Å²) in [5.74, 6) is 2.47. The van der Waals surface area contributed by atoms with Gasteiger partial charge < -0.3 is 9.73 Å². The molecule has 146 valence electrons. The summed E-state index contributed by atoms with van der Waals surface area (Å²) in [4.78, 5) is 23.3. The third-order valence-electron chi connectivity index (χ3n) is 4.97. The number of aromatic nitrogens is 4. The van der Waals surface area contributed by atoms with Gasteiger partial charge in [-0.05, 0) is 43.7 Å². The van der Waals surface area contributed by atoms with E-state index in [1.54, 1.807) is 18.7 Å². The van der Waals surface area contributed by atoms with E-state index in [2.05, 4.69) is 30.4 Å². The van der Waals surface area contributed by atoms with Crippen molar-refractivity contribution < 1.29 is 9.21 Å². The van der Waals surface area contributed by atoms with Crippen LogP contribution in [0.1, 0.15) is 24.4 Å². The molecule has 0 radical (unpaired) electrons. The van der Waals surface area contributed by atoms with Crippen molar-refractivity contribution in [1.82, 2.24) is 30.4 Å². The summed E-state index contributed by atoms with van der Waals surface area (Å²) in [6, 6.07) is 7.60. The molecule has 28 heavy (non-hydrogen) atoms. The molecule has 1 atom stereocenters. The van der Waals surface area contributed by atoms with Crippen LogP contribution in [0.25, 0.3) is 11.4 Å². The highest BCUT2D eigenvalue weighted by Gasteiger charge is 2.26. The Kier molecular flexibility index (Phi) is 5.77. The molecule has 3 aromatic rings. The SMILES string of the molecule is O=C(NCCc1nc(-c2ccncc2)n[nH]1)C1CCCN(Cc2ccco2)C1. The summed E-state index contributed by atoms with van der Waals surface area (Å²) in [5, 5.41) is 10.2. The molecule has 1 aliphatic heterocycles. The van der Waals surface area contributed by atoms with E-state index in [4.69, 9.17) is 4.42 Å². The molecule has 1 fully saturated rings. The summed E-state index contributed by atoms with van der Waals surface area (Å²) in [7, 11) is 0. The number of piperidine rings is 1. The maximum atomic E-state index is 12.5. The lowest BCUT2D eigenvalue weighted by molar-refractivity contribution is -0.126. The maximum absolute atomic E-state index is 12.5. The first kappa shape index (κ1) is 18.4. The summed E-state index contributed by atoms with van der Waals surface area (Å²) in [6.45, 7) is 3.06. The average Bonchev–Trinajstić information content (AvgIpc) is 3.41. The quantitative estimate of drug-likeness (QED) is 0.651. The number of likely N-dealkylation sites (tertiary alicyclic amines) is 1. The van der Waals surface area contributed by atoms with Crippen LogP contribution in [0.2, 0.25) is 0 Å². The minimum atomic E-state index is 0.0193. The molecule has 4 heterocycles. The van der Waals surface area contributed by atoms with Gasteiger partial charge in [-0.3, -0.25) is 19.8 Å². The van der Waals surface area contributed by atoms with Crippen LogP contribution in [0.5, 0.6) is 0 Å². The molecule has 2 N–H and O–H groups in total. The molecule has 3 aromatic heterocycles. The molecule has 1 unspecified atom stereocenters. The number of carbonyl (C=O) groups is 1. The van der Waals surface area contributed by atoms with Crippen LogP contribution in [0.4, 0.5) is 0 Å². The fourth-order valence-electron chi connectivity index (χ4n) is 3.52. The average molecular weight is 380 g/mol. The first-order valence-corrected chi connectivity index (χ1v) is 9.62. The molecule has 0 aliphatic carbocycles. The van der Waals surface area contributed by atoms with Crippen LogP contribution < -0.4 is 5.32 Å². The summed E-state index contributed by atoms with van der Waals surface area (Å²) < 4.78 is 5.42. The number of rotatable bonds is 7. The first-order chi connectivity index (χ1) is 13.8. The second kappa shape index (κ2) is 8.79. The van der Waals surface area contributed by atoms with Crippen LogP contribution in [0.3, 0.4) is 0 Å². The van der Waals surface area contributed by atoms with E-state index >= 15 is 0 Å². The second-order valence-electron chi connectivity index (χ2n) is 7.04. The van der Waals surface area contributed by atoms with Gasteiger partial charge in [0.25, 0.3) is 0 Å². The fraction of sp³-hybridized carbons (Fsp3) is 0.400. The number of amides is 1. The third-order valence-corrected chi connectivity index (χ3v) is 4.97. The molecule has 0 bridgehead atoms. The van der Waals surface area contributed by atoms with Crippen molar-refractivity contribution in [1.29, 1.82) is 0 Å². The smallest absolute Gasteiger partial charge is 0.224 e. The van der Waals surface area contributed by atoms with Crippen LogP contribution in [0, 0.1) is 5.92 Å². The molecule has 1 aliphatic rings. The van der Waals surface area contributed by atoms with E-state index in [1.165, 1.54) is 0 Å². The Balaban J connectivity index is 1.24. The number of carbonyl (C=O) groups excluding carboxylic acids is 1. The van der Waals surface area contributed by atoms with Crippen LogP contribution >= 0.6 is 0 Å². The van der Waals surface area contributed by atoms with Gasteiger partial charge in [0.05, 0.1) is 18.7 Å². The van der Waals surface area contributed by atoms with Crippen molar-refractivity contribution in [3.05, 3.63) is 54.5 Å². The highest BCUT2D eigenvalue weighted by atomic mass is 16.3. The number of hydrogen-bond acceptors (Lipinski definition) is 6. The van der Waals surface area contributed by atoms with Crippen molar-refractivity contribution in [2.24, 2.45) is 5.92 Å².